The third-order valence-corrected chi connectivity index (χ3v) is 5.25. The van der Waals surface area contributed by atoms with Crippen molar-refractivity contribution >= 4 is 11.7 Å². The van der Waals surface area contributed by atoms with Crippen molar-refractivity contribution in [3.63, 3.8) is 0 Å². The molecular formula is C24H24N2O. The number of para-hydroxylation sites is 1. The molecule has 1 heterocycles. The average Bonchev–Trinajstić information content (AvgIpc) is 3.11. The van der Waals surface area contributed by atoms with Gasteiger partial charge < -0.3 is 4.90 Å². The van der Waals surface area contributed by atoms with Crippen molar-refractivity contribution in [3.05, 3.63) is 102 Å². The highest BCUT2D eigenvalue weighted by Crippen LogP contribution is 2.29. The van der Waals surface area contributed by atoms with E-state index in [0.29, 0.717) is 5.92 Å². The number of anilines is 1. The maximum atomic E-state index is 12.8. The summed E-state index contributed by atoms with van der Waals surface area (Å²) in [4.78, 5) is 16.7. The lowest BCUT2D eigenvalue weighted by atomic mass is 9.88. The van der Waals surface area contributed by atoms with E-state index in [1.54, 1.807) is 0 Å². The van der Waals surface area contributed by atoms with Gasteiger partial charge in [-0.15, -0.1) is 0 Å². The van der Waals surface area contributed by atoms with Crippen LogP contribution in [0, 0.1) is 0 Å². The molecule has 0 radical (unpaired) electrons. The van der Waals surface area contributed by atoms with Gasteiger partial charge in [0.2, 0.25) is 0 Å². The smallest absolute Gasteiger partial charge is 0.323 e. The molecule has 0 N–H and O–H groups in total. The molecule has 3 aromatic rings. The van der Waals surface area contributed by atoms with Crippen molar-refractivity contribution in [2.75, 3.05) is 24.5 Å². The number of carbonyl (C=O) groups is 1. The van der Waals surface area contributed by atoms with Crippen molar-refractivity contribution in [2.45, 2.75) is 12.3 Å². The fourth-order valence-corrected chi connectivity index (χ4v) is 3.82. The molecule has 27 heavy (non-hydrogen) atoms. The van der Waals surface area contributed by atoms with Crippen molar-refractivity contribution in [3.8, 4) is 0 Å². The number of rotatable bonds is 6. The van der Waals surface area contributed by atoms with E-state index in [9.17, 15) is 4.79 Å². The second-order valence-electron chi connectivity index (χ2n) is 6.92. The first kappa shape index (κ1) is 17.3. The Hall–Kier alpha value is -3.07. The number of nitrogens with zero attached hydrogens (tertiary/aromatic N) is 2. The first-order valence-electron chi connectivity index (χ1n) is 9.54. The van der Waals surface area contributed by atoms with Crippen LogP contribution in [0.2, 0.25) is 0 Å². The number of urea groups is 1. The average molecular weight is 356 g/mol. The van der Waals surface area contributed by atoms with E-state index in [0.717, 1.165) is 31.7 Å². The van der Waals surface area contributed by atoms with Crippen LogP contribution in [-0.2, 0) is 0 Å². The number of hydrogen-bond acceptors (Lipinski definition) is 1. The van der Waals surface area contributed by atoms with Gasteiger partial charge in [-0.1, -0.05) is 78.9 Å². The Morgan fingerprint density at radius 2 is 1.22 bits per heavy atom. The molecule has 1 fully saturated rings. The molecule has 0 bridgehead atoms. The molecule has 0 aromatic heterocycles. The minimum Gasteiger partial charge on any atom is -0.323 e. The summed E-state index contributed by atoms with van der Waals surface area (Å²) in [7, 11) is 0. The van der Waals surface area contributed by atoms with Crippen LogP contribution in [-0.4, -0.2) is 30.6 Å². The molecule has 0 atom stereocenters. The van der Waals surface area contributed by atoms with E-state index >= 15 is 0 Å². The molecule has 3 aromatic carbocycles. The summed E-state index contributed by atoms with van der Waals surface area (Å²) in [5.74, 6) is 0.297. The van der Waals surface area contributed by atoms with E-state index < -0.39 is 0 Å². The van der Waals surface area contributed by atoms with Crippen LogP contribution in [0.1, 0.15) is 23.5 Å². The normalized spacial score (nSPS) is 14.2. The predicted octanol–water partition coefficient (Wildman–Crippen LogP) is 5.15. The lowest BCUT2D eigenvalue weighted by molar-refractivity contribution is 0.219. The van der Waals surface area contributed by atoms with Gasteiger partial charge in [-0.2, -0.15) is 0 Å². The van der Waals surface area contributed by atoms with Crippen molar-refractivity contribution in [2.24, 2.45) is 0 Å². The Bertz CT molecular complexity index is 825. The molecule has 4 rings (SSSR count). The lowest BCUT2D eigenvalue weighted by Gasteiger charge is -2.23. The van der Waals surface area contributed by atoms with Crippen molar-refractivity contribution < 1.29 is 4.79 Å². The Morgan fingerprint density at radius 1 is 0.704 bits per heavy atom. The SMILES string of the molecule is O=C1N(CCC(c2ccccc2)c2ccccc2)CCN1c1ccccc1. The first-order valence-corrected chi connectivity index (χ1v) is 9.54. The lowest BCUT2D eigenvalue weighted by Crippen LogP contribution is -2.33. The first-order chi connectivity index (χ1) is 13.3. The van der Waals surface area contributed by atoms with Crippen LogP contribution in [0.15, 0.2) is 91.0 Å². The van der Waals surface area contributed by atoms with Crippen molar-refractivity contribution in [1.82, 2.24) is 4.90 Å². The van der Waals surface area contributed by atoms with Gasteiger partial charge in [-0.05, 0) is 29.7 Å². The van der Waals surface area contributed by atoms with Crippen LogP contribution in [0.5, 0.6) is 0 Å². The summed E-state index contributed by atoms with van der Waals surface area (Å²) in [6.07, 6.45) is 0.919. The fraction of sp³-hybridized carbons (Fsp3) is 0.208. The highest BCUT2D eigenvalue weighted by Gasteiger charge is 2.29. The number of benzene rings is 3. The highest BCUT2D eigenvalue weighted by atomic mass is 16.2. The molecule has 3 heteroatoms. The molecule has 0 unspecified atom stereocenters. The highest BCUT2D eigenvalue weighted by molar-refractivity contribution is 5.94. The van der Waals surface area contributed by atoms with Gasteiger partial charge in [0, 0.05) is 31.2 Å². The zero-order chi connectivity index (χ0) is 18.5. The monoisotopic (exact) mass is 356 g/mol. The molecule has 1 aliphatic rings. The molecule has 1 saturated heterocycles. The van der Waals surface area contributed by atoms with Crippen LogP contribution in [0.4, 0.5) is 10.5 Å². The van der Waals surface area contributed by atoms with Gasteiger partial charge in [0.25, 0.3) is 0 Å². The van der Waals surface area contributed by atoms with Crippen LogP contribution < -0.4 is 4.90 Å². The topological polar surface area (TPSA) is 23.6 Å². The minimum atomic E-state index is 0.112. The standard InChI is InChI=1S/C24H24N2O/c27-24-25(18-19-26(24)22-14-8-3-9-15-22)17-16-23(20-10-4-1-5-11-20)21-12-6-2-7-13-21/h1-15,23H,16-19H2. The molecule has 0 spiro atoms. The molecule has 1 aliphatic heterocycles. The number of carbonyl (C=O) groups excluding carboxylic acids is 1. The summed E-state index contributed by atoms with van der Waals surface area (Å²) >= 11 is 0. The Balaban J connectivity index is 1.48. The minimum absolute atomic E-state index is 0.112. The molecular weight excluding hydrogens is 332 g/mol. The van der Waals surface area contributed by atoms with Gasteiger partial charge >= 0.3 is 6.03 Å². The molecule has 136 valence electrons. The fourth-order valence-electron chi connectivity index (χ4n) is 3.82. The quantitative estimate of drug-likeness (QED) is 0.599. The van der Waals surface area contributed by atoms with Gasteiger partial charge in [0.15, 0.2) is 0 Å². The van der Waals surface area contributed by atoms with E-state index in [1.807, 2.05) is 52.3 Å². The summed E-state index contributed by atoms with van der Waals surface area (Å²) < 4.78 is 0. The Morgan fingerprint density at radius 3 is 1.78 bits per heavy atom. The third-order valence-electron chi connectivity index (χ3n) is 5.25. The van der Waals surface area contributed by atoms with Gasteiger partial charge in [0.05, 0.1) is 0 Å². The summed E-state index contributed by atoms with van der Waals surface area (Å²) in [5, 5.41) is 0. The Labute approximate surface area is 160 Å². The van der Waals surface area contributed by atoms with Gasteiger partial charge in [-0.25, -0.2) is 4.79 Å². The summed E-state index contributed by atoms with van der Waals surface area (Å²) in [6, 6.07) is 31.2. The van der Waals surface area contributed by atoms with Crippen LogP contribution in [0.3, 0.4) is 0 Å². The largest absolute Gasteiger partial charge is 0.324 e. The molecule has 3 nitrogen and oxygen atoms in total. The van der Waals surface area contributed by atoms with E-state index in [4.69, 9.17) is 0 Å². The predicted molar refractivity (Wildman–Crippen MR) is 110 cm³/mol. The second kappa shape index (κ2) is 8.09. The zero-order valence-electron chi connectivity index (χ0n) is 15.4. The number of hydrogen-bond donors (Lipinski definition) is 0. The second-order valence-corrected chi connectivity index (χ2v) is 6.92. The maximum absolute atomic E-state index is 12.8. The maximum Gasteiger partial charge on any atom is 0.324 e. The Kier molecular flexibility index (Phi) is 5.20. The summed E-state index contributed by atoms with van der Waals surface area (Å²) in [6.45, 7) is 2.30. The van der Waals surface area contributed by atoms with E-state index in [-0.39, 0.29) is 6.03 Å². The third kappa shape index (κ3) is 3.87. The van der Waals surface area contributed by atoms with Gasteiger partial charge in [0.1, 0.15) is 0 Å². The van der Waals surface area contributed by atoms with Crippen LogP contribution >= 0.6 is 0 Å². The molecule has 2 amide bonds. The molecule has 0 saturated carbocycles. The van der Waals surface area contributed by atoms with E-state index in [2.05, 4.69) is 48.5 Å². The van der Waals surface area contributed by atoms with E-state index in [1.165, 1.54) is 11.1 Å². The van der Waals surface area contributed by atoms with Crippen LogP contribution in [0.25, 0.3) is 0 Å². The molecule has 0 aliphatic carbocycles. The number of amides is 2. The van der Waals surface area contributed by atoms with Crippen molar-refractivity contribution in [1.29, 1.82) is 0 Å². The summed E-state index contributed by atoms with van der Waals surface area (Å²) in [5.41, 5.74) is 3.58. The van der Waals surface area contributed by atoms with Gasteiger partial charge in [-0.3, -0.25) is 4.90 Å². The zero-order valence-corrected chi connectivity index (χ0v) is 15.4.